The molecule has 2 unspecified atom stereocenters. The molecule has 0 saturated heterocycles. The molecule has 3 rings (SSSR count). The molecule has 242 valence electrons. The molecule has 0 aliphatic heterocycles. The Labute approximate surface area is 259 Å². The Kier molecular flexibility index (Phi) is 23.5. The maximum atomic E-state index is 14.0. The zero-order valence-electron chi connectivity index (χ0n) is 27.7. The van der Waals surface area contributed by atoms with E-state index in [2.05, 4.69) is 31.1 Å². The average molecular weight is 604 g/mol. The van der Waals surface area contributed by atoms with Crippen molar-refractivity contribution in [1.29, 1.82) is 5.26 Å². The van der Waals surface area contributed by atoms with Crippen molar-refractivity contribution in [3.8, 4) is 17.7 Å². The first-order valence-corrected chi connectivity index (χ1v) is 15.6. The zero-order valence-corrected chi connectivity index (χ0v) is 27.7. The molecule has 2 aromatic carbocycles. The van der Waals surface area contributed by atoms with Crippen LogP contribution in [-0.4, -0.2) is 35.5 Å². The minimum atomic E-state index is -2.67. The first kappa shape index (κ1) is 41.8. The lowest BCUT2D eigenvalue weighted by atomic mass is 9.95. The minimum Gasteiger partial charge on any atom is -0.481 e. The van der Waals surface area contributed by atoms with E-state index in [1.165, 1.54) is 6.42 Å². The van der Waals surface area contributed by atoms with Crippen molar-refractivity contribution in [2.24, 2.45) is 11.8 Å². The van der Waals surface area contributed by atoms with Crippen LogP contribution in [0, 0.1) is 23.7 Å². The number of carboxylic acid groups (broad SMARTS) is 1. The number of carboxylic acids is 1. The number of carbonyl (C=O) groups is 2. The molecule has 1 aliphatic carbocycles. The minimum absolute atomic E-state index is 0.169. The second-order valence-electron chi connectivity index (χ2n) is 10.4. The quantitative estimate of drug-likeness (QED) is 0.225. The number of alkyl halides is 2. The lowest BCUT2D eigenvalue weighted by molar-refractivity contribution is -0.141. The normalized spacial score (nSPS) is 13.7. The predicted molar refractivity (Wildman–Crippen MR) is 174 cm³/mol. The van der Waals surface area contributed by atoms with Crippen molar-refractivity contribution in [3.63, 3.8) is 0 Å². The second-order valence-corrected chi connectivity index (χ2v) is 10.4. The molecule has 0 aromatic heterocycles. The number of benzene rings is 2. The number of hydrogen-bond acceptors (Lipinski definition) is 4. The molecular weight excluding hydrogens is 548 g/mol. The topological polar surface area (TPSA) is 102 Å². The summed E-state index contributed by atoms with van der Waals surface area (Å²) in [5.74, 6) is -1.38. The third kappa shape index (κ3) is 16.8. The Balaban J connectivity index is 0. The van der Waals surface area contributed by atoms with Crippen LogP contribution in [0.4, 0.5) is 8.78 Å². The van der Waals surface area contributed by atoms with Crippen LogP contribution in [0.2, 0.25) is 0 Å². The number of halogens is 2. The number of amides is 1. The van der Waals surface area contributed by atoms with Crippen LogP contribution in [0.5, 0.6) is 0 Å². The lowest BCUT2D eigenvalue weighted by Gasteiger charge is -2.26. The largest absolute Gasteiger partial charge is 0.481 e. The predicted octanol–water partition coefficient (Wildman–Crippen LogP) is 8.81. The van der Waals surface area contributed by atoms with E-state index in [4.69, 9.17) is 10.4 Å². The number of rotatable bonds is 12. The maximum absolute atomic E-state index is 14.0. The average Bonchev–Trinajstić information content (AvgIpc) is 3.82. The van der Waals surface area contributed by atoms with Gasteiger partial charge >= 0.3 is 5.97 Å². The van der Waals surface area contributed by atoms with Crippen LogP contribution < -0.4 is 10.6 Å². The molecule has 3 atom stereocenters. The van der Waals surface area contributed by atoms with Gasteiger partial charge in [-0.25, -0.2) is 14.0 Å². The summed E-state index contributed by atoms with van der Waals surface area (Å²) >= 11 is 0. The molecule has 1 fully saturated rings. The third-order valence-electron chi connectivity index (χ3n) is 6.07. The van der Waals surface area contributed by atoms with Crippen molar-refractivity contribution < 1.29 is 23.5 Å². The Morgan fingerprint density at radius 3 is 1.93 bits per heavy atom. The van der Waals surface area contributed by atoms with Crippen LogP contribution in [0.3, 0.4) is 0 Å². The summed E-state index contributed by atoms with van der Waals surface area (Å²) in [6, 6.07) is 12.7. The Morgan fingerprint density at radius 2 is 1.49 bits per heavy atom. The highest BCUT2D eigenvalue weighted by Crippen LogP contribution is 2.28. The van der Waals surface area contributed by atoms with E-state index in [0.29, 0.717) is 18.4 Å². The van der Waals surface area contributed by atoms with E-state index in [-0.39, 0.29) is 17.9 Å². The van der Waals surface area contributed by atoms with E-state index >= 15 is 0 Å². The summed E-state index contributed by atoms with van der Waals surface area (Å²) in [5.41, 5.74) is 3.07. The Bertz CT molecular complexity index is 1040. The molecule has 0 radical (unpaired) electrons. The van der Waals surface area contributed by atoms with Gasteiger partial charge in [-0.2, -0.15) is 0 Å². The van der Waals surface area contributed by atoms with Gasteiger partial charge in [-0.3, -0.25) is 14.9 Å². The number of hydrogen-bond donors (Lipinski definition) is 3. The van der Waals surface area contributed by atoms with Crippen molar-refractivity contribution in [1.82, 2.24) is 10.6 Å². The Morgan fingerprint density at radius 1 is 0.953 bits per heavy atom. The van der Waals surface area contributed by atoms with Crippen molar-refractivity contribution >= 4 is 11.9 Å². The van der Waals surface area contributed by atoms with Gasteiger partial charge in [0.2, 0.25) is 5.91 Å². The van der Waals surface area contributed by atoms with E-state index in [0.717, 1.165) is 29.5 Å². The van der Waals surface area contributed by atoms with Crippen LogP contribution >= 0.6 is 0 Å². The fraction of sp³-hybridized carbons (Fsp3) is 0.571. The molecule has 1 aliphatic rings. The van der Waals surface area contributed by atoms with Crippen LogP contribution in [0.1, 0.15) is 105 Å². The van der Waals surface area contributed by atoms with Gasteiger partial charge in [-0.1, -0.05) is 117 Å². The third-order valence-corrected chi connectivity index (χ3v) is 6.07. The molecule has 2 aromatic rings. The van der Waals surface area contributed by atoms with Gasteiger partial charge in [-0.15, -0.1) is 0 Å². The van der Waals surface area contributed by atoms with Crippen molar-refractivity contribution in [3.05, 3.63) is 59.7 Å². The van der Waals surface area contributed by atoms with Crippen LogP contribution in [-0.2, 0) is 16.0 Å². The first-order chi connectivity index (χ1) is 20.5. The molecule has 0 bridgehead atoms. The molecule has 43 heavy (non-hydrogen) atoms. The number of nitrogens with one attached hydrogen (secondary N) is 2. The Hall–Kier alpha value is -3.31. The molecular formula is C35H55F2N3O3. The summed E-state index contributed by atoms with van der Waals surface area (Å²) < 4.78 is 28.1. The van der Waals surface area contributed by atoms with E-state index < -0.39 is 30.4 Å². The molecule has 1 amide bonds. The van der Waals surface area contributed by atoms with E-state index in [1.807, 2.05) is 65.8 Å². The van der Waals surface area contributed by atoms with Gasteiger partial charge in [0, 0.05) is 12.6 Å². The fourth-order valence-electron chi connectivity index (χ4n) is 3.98. The zero-order chi connectivity index (χ0) is 33.5. The smallest absolute Gasteiger partial charge is 0.306 e. The van der Waals surface area contributed by atoms with Gasteiger partial charge in [0.15, 0.2) is 0 Å². The lowest BCUT2D eigenvalue weighted by Crippen LogP contribution is -2.48. The van der Waals surface area contributed by atoms with Gasteiger partial charge in [0.1, 0.15) is 0 Å². The van der Waals surface area contributed by atoms with Gasteiger partial charge in [0.05, 0.1) is 18.0 Å². The van der Waals surface area contributed by atoms with Crippen molar-refractivity contribution in [2.75, 3.05) is 0 Å². The fourth-order valence-corrected chi connectivity index (χ4v) is 3.98. The summed E-state index contributed by atoms with van der Waals surface area (Å²) in [6.45, 7) is 21.4. The van der Waals surface area contributed by atoms with E-state index in [9.17, 15) is 18.4 Å². The summed E-state index contributed by atoms with van der Waals surface area (Å²) in [5, 5.41) is 21.5. The monoisotopic (exact) mass is 603 g/mol. The van der Waals surface area contributed by atoms with Crippen molar-refractivity contribution in [2.45, 2.75) is 119 Å². The van der Waals surface area contributed by atoms with Gasteiger partial charge < -0.3 is 10.4 Å². The van der Waals surface area contributed by atoms with Gasteiger partial charge in [0.25, 0.3) is 6.43 Å². The SMILES string of the molecule is C#N.CC.CC.CC(C)C[C@H](NC(c1ccc(-c2cccc(CC(C)C(=O)O)c2)cc1)C(F)F)C(=O)NC1CC1.CCC. The van der Waals surface area contributed by atoms with Crippen LogP contribution in [0.25, 0.3) is 11.1 Å². The second kappa shape index (κ2) is 24.2. The number of nitrogens with zero attached hydrogens (tertiary/aromatic N) is 1. The molecule has 0 heterocycles. The molecule has 3 N–H and O–H groups in total. The maximum Gasteiger partial charge on any atom is 0.306 e. The highest BCUT2D eigenvalue weighted by Gasteiger charge is 2.32. The standard InChI is InChI=1S/C27H34F2N2O3.C3H8.2C2H6.CHN/c1-16(2)13-23(26(32)30-22-11-12-22)31-24(25(28)29)20-9-7-19(8-10-20)21-6-4-5-18(15-21)14-17(3)27(33)34;1-3-2;3*1-2/h4-10,15-17,22-25,31H,11-14H2,1-3H3,(H,30,32)(H,33,34);3H2,1-2H3;2*1-2H3;1H/t17?,23-,24?;;;;/m0..../s1. The molecule has 1 saturated carbocycles. The first-order valence-electron chi connectivity index (χ1n) is 15.6. The molecule has 0 spiro atoms. The molecule has 6 nitrogen and oxygen atoms in total. The highest BCUT2D eigenvalue weighted by molar-refractivity contribution is 5.82. The molecule has 8 heteroatoms. The van der Waals surface area contributed by atoms with E-state index in [1.54, 1.807) is 31.2 Å². The summed E-state index contributed by atoms with van der Waals surface area (Å²) in [4.78, 5) is 23.8. The number of carbonyl (C=O) groups excluding carboxylic acids is 1. The van der Waals surface area contributed by atoms with Gasteiger partial charge in [-0.05, 0) is 53.9 Å². The summed E-state index contributed by atoms with van der Waals surface area (Å²) in [6.07, 6.45) is 1.35. The summed E-state index contributed by atoms with van der Waals surface area (Å²) in [7, 11) is 0. The number of nitriles is 1. The van der Waals surface area contributed by atoms with Crippen LogP contribution in [0.15, 0.2) is 48.5 Å². The highest BCUT2D eigenvalue weighted by atomic mass is 19.3. The number of aliphatic carboxylic acids is 1.